The molecule has 5 N–H and O–H groups in total. The Morgan fingerprint density at radius 2 is 2.09 bits per heavy atom. The molecule has 0 aromatic heterocycles. The number of rotatable bonds is 1. The maximum Gasteiger partial charge on any atom is 0.324 e. The number of hydrazine groups is 1. The molecule has 0 aromatic carbocycles. The van der Waals surface area contributed by atoms with Gasteiger partial charge in [0.1, 0.15) is 12.1 Å². The molecular formula is C5H10N2O4. The average Bonchev–Trinajstić information content (AvgIpc) is 1.94. The summed E-state index contributed by atoms with van der Waals surface area (Å²) in [5, 5.41) is 26.5. The number of β-amino-alcohol motifs (C(OH)–C–C–N with tert-alkyl or cyclic N) is 1. The molecule has 0 bridgehead atoms. The molecule has 0 saturated carbocycles. The van der Waals surface area contributed by atoms with Gasteiger partial charge in [-0.15, -0.1) is 0 Å². The Kier molecular flexibility index (Phi) is 2.40. The van der Waals surface area contributed by atoms with E-state index in [1.54, 1.807) is 0 Å². The third kappa shape index (κ3) is 1.66. The van der Waals surface area contributed by atoms with E-state index in [-0.39, 0.29) is 6.54 Å². The van der Waals surface area contributed by atoms with E-state index in [0.29, 0.717) is 0 Å². The fourth-order valence-electron chi connectivity index (χ4n) is 0.910. The summed E-state index contributed by atoms with van der Waals surface area (Å²) in [6.45, 7) is 0.144. The molecule has 6 nitrogen and oxygen atoms in total. The van der Waals surface area contributed by atoms with Gasteiger partial charge in [-0.25, -0.2) is 5.43 Å². The SMILES string of the molecule is O=C(O)[C@@H]1NNC[C@@H](O)[C@@H]1O. The zero-order valence-electron chi connectivity index (χ0n) is 5.69. The van der Waals surface area contributed by atoms with E-state index in [1.807, 2.05) is 0 Å². The van der Waals surface area contributed by atoms with Crippen molar-refractivity contribution in [3.05, 3.63) is 0 Å². The van der Waals surface area contributed by atoms with Gasteiger partial charge in [0.2, 0.25) is 0 Å². The first-order chi connectivity index (χ1) is 5.13. The van der Waals surface area contributed by atoms with Crippen LogP contribution < -0.4 is 10.9 Å². The highest BCUT2D eigenvalue weighted by atomic mass is 16.4. The highest BCUT2D eigenvalue weighted by Crippen LogP contribution is 2.02. The van der Waals surface area contributed by atoms with Gasteiger partial charge in [-0.1, -0.05) is 0 Å². The molecule has 0 unspecified atom stereocenters. The lowest BCUT2D eigenvalue weighted by atomic mass is 10.0. The highest BCUT2D eigenvalue weighted by Gasteiger charge is 2.34. The maximum atomic E-state index is 10.3. The third-order valence-electron chi connectivity index (χ3n) is 1.57. The average molecular weight is 162 g/mol. The monoisotopic (exact) mass is 162 g/mol. The number of carboxylic acid groups (broad SMARTS) is 1. The highest BCUT2D eigenvalue weighted by molar-refractivity contribution is 5.74. The Labute approximate surface area is 62.8 Å². The Hall–Kier alpha value is -0.690. The Morgan fingerprint density at radius 3 is 2.55 bits per heavy atom. The number of nitrogens with one attached hydrogen (secondary N) is 2. The van der Waals surface area contributed by atoms with E-state index in [0.717, 1.165) is 0 Å². The van der Waals surface area contributed by atoms with Crippen LogP contribution in [-0.2, 0) is 4.79 Å². The summed E-state index contributed by atoms with van der Waals surface area (Å²) >= 11 is 0. The van der Waals surface area contributed by atoms with Gasteiger partial charge in [-0.2, -0.15) is 0 Å². The second-order valence-electron chi connectivity index (χ2n) is 2.40. The van der Waals surface area contributed by atoms with Crippen LogP contribution in [0.3, 0.4) is 0 Å². The van der Waals surface area contributed by atoms with Crippen molar-refractivity contribution in [1.29, 1.82) is 0 Å². The summed E-state index contributed by atoms with van der Waals surface area (Å²) in [6.07, 6.45) is -2.29. The predicted molar refractivity (Wildman–Crippen MR) is 34.6 cm³/mol. The van der Waals surface area contributed by atoms with Crippen LogP contribution in [-0.4, -0.2) is 46.1 Å². The first-order valence-electron chi connectivity index (χ1n) is 3.20. The van der Waals surface area contributed by atoms with Gasteiger partial charge in [0, 0.05) is 6.54 Å². The molecule has 64 valence electrons. The lowest BCUT2D eigenvalue weighted by Gasteiger charge is -2.30. The van der Waals surface area contributed by atoms with Gasteiger partial charge in [0.25, 0.3) is 0 Å². The number of carboxylic acids is 1. The molecule has 0 aliphatic carbocycles. The molecule has 0 amide bonds. The number of aliphatic hydroxyl groups is 2. The van der Waals surface area contributed by atoms with Crippen molar-refractivity contribution in [2.75, 3.05) is 6.54 Å². The smallest absolute Gasteiger partial charge is 0.324 e. The second-order valence-corrected chi connectivity index (χ2v) is 2.40. The summed E-state index contributed by atoms with van der Waals surface area (Å²) < 4.78 is 0. The van der Waals surface area contributed by atoms with Crippen LogP contribution in [0.15, 0.2) is 0 Å². The molecule has 1 heterocycles. The van der Waals surface area contributed by atoms with Crippen molar-refractivity contribution in [1.82, 2.24) is 10.9 Å². The van der Waals surface area contributed by atoms with Crippen LogP contribution >= 0.6 is 0 Å². The molecule has 1 fully saturated rings. The number of hydrogen-bond acceptors (Lipinski definition) is 5. The lowest BCUT2D eigenvalue weighted by Crippen LogP contribution is -2.63. The molecule has 1 aliphatic heterocycles. The second kappa shape index (κ2) is 3.14. The van der Waals surface area contributed by atoms with Crippen LogP contribution in [0.4, 0.5) is 0 Å². The van der Waals surface area contributed by atoms with E-state index >= 15 is 0 Å². The molecule has 1 aliphatic rings. The zero-order chi connectivity index (χ0) is 8.43. The Balaban J connectivity index is 2.58. The first-order valence-corrected chi connectivity index (χ1v) is 3.20. The summed E-state index contributed by atoms with van der Waals surface area (Å²) in [7, 11) is 0. The van der Waals surface area contributed by atoms with Crippen molar-refractivity contribution < 1.29 is 20.1 Å². The Bertz CT molecular complexity index is 163. The molecule has 0 radical (unpaired) electrons. The maximum absolute atomic E-state index is 10.3. The summed E-state index contributed by atoms with van der Waals surface area (Å²) in [6, 6.07) is -1.14. The number of carbonyl (C=O) groups is 1. The standard InChI is InChI=1S/C5H10N2O4/c8-2-1-6-7-3(4(2)9)5(10)11/h2-4,6-9H,1H2,(H,10,11)/t2-,3-,4+/m1/s1. The largest absolute Gasteiger partial charge is 0.480 e. The quantitative estimate of drug-likeness (QED) is 0.287. The molecule has 1 saturated heterocycles. The van der Waals surface area contributed by atoms with E-state index in [1.165, 1.54) is 0 Å². The fourth-order valence-corrected chi connectivity index (χ4v) is 0.910. The Morgan fingerprint density at radius 1 is 1.45 bits per heavy atom. The number of aliphatic carboxylic acids is 1. The van der Waals surface area contributed by atoms with Crippen molar-refractivity contribution >= 4 is 5.97 Å². The number of aliphatic hydroxyl groups excluding tert-OH is 2. The van der Waals surface area contributed by atoms with Gasteiger partial charge in [0.05, 0.1) is 6.10 Å². The normalized spacial score (nSPS) is 38.5. The van der Waals surface area contributed by atoms with E-state index in [2.05, 4.69) is 10.9 Å². The van der Waals surface area contributed by atoms with E-state index in [4.69, 9.17) is 15.3 Å². The topological polar surface area (TPSA) is 102 Å². The van der Waals surface area contributed by atoms with Crippen molar-refractivity contribution in [3.63, 3.8) is 0 Å². The summed E-state index contributed by atoms with van der Waals surface area (Å²) in [4.78, 5) is 10.3. The summed E-state index contributed by atoms with van der Waals surface area (Å²) in [5.41, 5.74) is 4.79. The molecule has 11 heavy (non-hydrogen) atoms. The number of hydrogen-bond donors (Lipinski definition) is 5. The van der Waals surface area contributed by atoms with Gasteiger partial charge in [0.15, 0.2) is 0 Å². The summed E-state index contributed by atoms with van der Waals surface area (Å²) in [5.74, 6) is -1.19. The van der Waals surface area contributed by atoms with Crippen molar-refractivity contribution in [2.45, 2.75) is 18.2 Å². The molecular weight excluding hydrogens is 152 g/mol. The molecule has 1 rings (SSSR count). The van der Waals surface area contributed by atoms with Gasteiger partial charge in [-0.05, 0) is 0 Å². The van der Waals surface area contributed by atoms with Crippen LogP contribution in [0.2, 0.25) is 0 Å². The van der Waals surface area contributed by atoms with E-state index in [9.17, 15) is 4.79 Å². The first kappa shape index (κ1) is 8.41. The van der Waals surface area contributed by atoms with Gasteiger partial charge < -0.3 is 15.3 Å². The predicted octanol–water partition coefficient (Wildman–Crippen LogP) is -2.73. The van der Waals surface area contributed by atoms with Crippen LogP contribution in [0.5, 0.6) is 0 Å². The van der Waals surface area contributed by atoms with Crippen molar-refractivity contribution in [2.24, 2.45) is 0 Å². The van der Waals surface area contributed by atoms with Crippen LogP contribution in [0, 0.1) is 0 Å². The minimum atomic E-state index is -1.26. The third-order valence-corrected chi connectivity index (χ3v) is 1.57. The lowest BCUT2D eigenvalue weighted by molar-refractivity contribution is -0.148. The van der Waals surface area contributed by atoms with Crippen molar-refractivity contribution in [3.8, 4) is 0 Å². The zero-order valence-corrected chi connectivity index (χ0v) is 5.69. The molecule has 0 aromatic rings. The fraction of sp³-hybridized carbons (Fsp3) is 0.800. The molecule has 0 spiro atoms. The minimum Gasteiger partial charge on any atom is -0.480 e. The van der Waals surface area contributed by atoms with E-state index < -0.39 is 24.2 Å². The van der Waals surface area contributed by atoms with Crippen LogP contribution in [0.25, 0.3) is 0 Å². The van der Waals surface area contributed by atoms with Gasteiger partial charge >= 0.3 is 5.97 Å². The molecule has 3 atom stereocenters. The molecule has 6 heteroatoms. The van der Waals surface area contributed by atoms with Gasteiger partial charge in [-0.3, -0.25) is 10.2 Å². The minimum absolute atomic E-state index is 0.144. The van der Waals surface area contributed by atoms with Crippen LogP contribution in [0.1, 0.15) is 0 Å².